The minimum Gasteiger partial charge on any atom is -0.467 e. The Kier molecular flexibility index (Phi) is 6.10. The molecule has 0 saturated carbocycles. The Morgan fingerprint density at radius 2 is 2.14 bits per heavy atom. The highest BCUT2D eigenvalue weighted by atomic mass is 32.2. The van der Waals surface area contributed by atoms with Gasteiger partial charge in [0.2, 0.25) is 5.91 Å². The Labute approximate surface area is 177 Å². The summed E-state index contributed by atoms with van der Waals surface area (Å²) in [5, 5.41) is 3.75. The lowest BCUT2D eigenvalue weighted by Gasteiger charge is -2.13. The highest BCUT2D eigenvalue weighted by Gasteiger charge is 2.26. The molecule has 0 radical (unpaired) electrons. The van der Waals surface area contributed by atoms with Crippen LogP contribution in [0.1, 0.15) is 23.9 Å². The van der Waals surface area contributed by atoms with Crippen LogP contribution in [0.3, 0.4) is 0 Å². The highest BCUT2D eigenvalue weighted by molar-refractivity contribution is 8.00. The molecular formula is C21H21N3O3S2. The third kappa shape index (κ3) is 4.76. The number of rotatable bonds is 7. The van der Waals surface area contributed by atoms with E-state index in [0.717, 1.165) is 22.6 Å². The molecule has 1 aromatic carbocycles. The first-order valence-electron chi connectivity index (χ1n) is 9.36. The number of carbonyl (C=O) groups excluding carboxylic acids is 1. The highest BCUT2D eigenvalue weighted by Crippen LogP contribution is 2.34. The zero-order valence-corrected chi connectivity index (χ0v) is 17.6. The number of fused-ring (bicyclic) bond motifs is 1. The lowest BCUT2D eigenvalue weighted by molar-refractivity contribution is -0.118. The predicted molar refractivity (Wildman–Crippen MR) is 114 cm³/mol. The monoisotopic (exact) mass is 427 g/mol. The largest absolute Gasteiger partial charge is 0.467 e. The maximum absolute atomic E-state index is 13.1. The summed E-state index contributed by atoms with van der Waals surface area (Å²) < 4.78 is 6.91. The van der Waals surface area contributed by atoms with Crippen molar-refractivity contribution >= 4 is 29.4 Å². The molecule has 6 nitrogen and oxygen atoms in total. The molecule has 1 aliphatic heterocycles. The lowest BCUT2D eigenvalue weighted by Crippen LogP contribution is -2.28. The van der Waals surface area contributed by atoms with Crippen molar-refractivity contribution in [2.24, 2.45) is 0 Å². The molecule has 4 rings (SSSR count). The van der Waals surface area contributed by atoms with Gasteiger partial charge < -0.3 is 9.73 Å². The third-order valence-electron chi connectivity index (χ3n) is 4.52. The fourth-order valence-corrected chi connectivity index (χ4v) is 5.09. The Bertz CT molecular complexity index is 1050. The van der Waals surface area contributed by atoms with Crippen LogP contribution in [0.25, 0.3) is 0 Å². The second-order valence-corrected chi connectivity index (χ2v) is 9.22. The van der Waals surface area contributed by atoms with Gasteiger partial charge >= 0.3 is 0 Å². The van der Waals surface area contributed by atoms with Gasteiger partial charge in [-0.1, -0.05) is 49.0 Å². The van der Waals surface area contributed by atoms with Gasteiger partial charge in [0, 0.05) is 11.7 Å². The van der Waals surface area contributed by atoms with Gasteiger partial charge in [-0.3, -0.25) is 14.2 Å². The number of benzene rings is 1. The van der Waals surface area contributed by atoms with Gasteiger partial charge in [0.1, 0.15) is 5.76 Å². The molecule has 2 aromatic heterocycles. The average Bonchev–Trinajstić information content (AvgIpc) is 3.37. The van der Waals surface area contributed by atoms with Crippen LogP contribution in [0.4, 0.5) is 0 Å². The predicted octanol–water partition coefficient (Wildman–Crippen LogP) is 3.33. The molecule has 1 aliphatic rings. The molecule has 3 aromatic rings. The van der Waals surface area contributed by atoms with E-state index in [-0.39, 0.29) is 17.2 Å². The molecule has 150 valence electrons. The van der Waals surface area contributed by atoms with Gasteiger partial charge in [-0.25, -0.2) is 4.98 Å². The van der Waals surface area contributed by atoms with Crippen LogP contribution in [0.15, 0.2) is 68.0 Å². The van der Waals surface area contributed by atoms with Crippen LogP contribution in [-0.4, -0.2) is 26.5 Å². The molecule has 8 heteroatoms. The van der Waals surface area contributed by atoms with Crippen LogP contribution < -0.4 is 10.9 Å². The number of carbonyl (C=O) groups is 1. The van der Waals surface area contributed by atoms with E-state index >= 15 is 0 Å². The SMILES string of the molecule is C[C@@H]1Cc2nc(SCC(=O)NCc3ccco3)n(Cc3ccccc3)c(=O)c2S1. The normalized spacial score (nSPS) is 15.3. The number of amides is 1. The fourth-order valence-electron chi connectivity index (χ4n) is 3.13. The number of aromatic nitrogens is 2. The topological polar surface area (TPSA) is 77.1 Å². The second kappa shape index (κ2) is 8.92. The summed E-state index contributed by atoms with van der Waals surface area (Å²) in [4.78, 5) is 30.9. The first-order valence-corrected chi connectivity index (χ1v) is 11.2. The van der Waals surface area contributed by atoms with Crippen molar-refractivity contribution in [2.75, 3.05) is 5.75 Å². The van der Waals surface area contributed by atoms with E-state index in [4.69, 9.17) is 9.40 Å². The number of hydrogen-bond acceptors (Lipinski definition) is 6. The first-order chi connectivity index (χ1) is 14.1. The molecule has 0 aliphatic carbocycles. The summed E-state index contributed by atoms with van der Waals surface area (Å²) in [6, 6.07) is 13.4. The van der Waals surface area contributed by atoms with Crippen LogP contribution in [0.2, 0.25) is 0 Å². The van der Waals surface area contributed by atoms with Gasteiger partial charge in [-0.05, 0) is 17.7 Å². The minimum atomic E-state index is -0.129. The number of furan rings is 1. The van der Waals surface area contributed by atoms with Gasteiger partial charge in [0.05, 0.1) is 35.7 Å². The van der Waals surface area contributed by atoms with Gasteiger partial charge in [-0.15, -0.1) is 11.8 Å². The third-order valence-corrected chi connectivity index (χ3v) is 6.71. The van der Waals surface area contributed by atoms with Crippen molar-refractivity contribution in [1.82, 2.24) is 14.9 Å². The van der Waals surface area contributed by atoms with E-state index < -0.39 is 0 Å². The van der Waals surface area contributed by atoms with Crippen molar-refractivity contribution in [3.05, 3.63) is 76.1 Å². The van der Waals surface area contributed by atoms with E-state index in [9.17, 15) is 9.59 Å². The Hall–Kier alpha value is -2.45. The molecular weight excluding hydrogens is 406 g/mol. The van der Waals surface area contributed by atoms with Gasteiger partial charge in [-0.2, -0.15) is 0 Å². The quantitative estimate of drug-likeness (QED) is 0.460. The maximum Gasteiger partial charge on any atom is 0.268 e. The minimum absolute atomic E-state index is 0.0216. The smallest absolute Gasteiger partial charge is 0.268 e. The molecule has 0 saturated heterocycles. The summed E-state index contributed by atoms with van der Waals surface area (Å²) in [5.41, 5.74) is 1.85. The number of nitrogens with one attached hydrogen (secondary N) is 1. The van der Waals surface area contributed by atoms with E-state index in [0.29, 0.717) is 29.3 Å². The molecule has 1 amide bonds. The van der Waals surface area contributed by atoms with Crippen LogP contribution >= 0.6 is 23.5 Å². The molecule has 0 unspecified atom stereocenters. The van der Waals surface area contributed by atoms with E-state index in [1.54, 1.807) is 28.7 Å². The molecule has 1 N–H and O–H groups in total. The number of thioether (sulfide) groups is 2. The summed E-state index contributed by atoms with van der Waals surface area (Å²) in [6.45, 7) is 2.88. The fraction of sp³-hybridized carbons (Fsp3) is 0.286. The zero-order valence-electron chi connectivity index (χ0n) is 16.0. The van der Waals surface area contributed by atoms with Crippen LogP contribution in [0.5, 0.6) is 0 Å². The van der Waals surface area contributed by atoms with Crippen molar-refractivity contribution in [3.8, 4) is 0 Å². The number of hydrogen-bond donors (Lipinski definition) is 1. The summed E-state index contributed by atoms with van der Waals surface area (Å²) in [6.07, 6.45) is 2.35. The van der Waals surface area contributed by atoms with Crippen molar-refractivity contribution in [3.63, 3.8) is 0 Å². The Morgan fingerprint density at radius 3 is 2.90 bits per heavy atom. The summed E-state index contributed by atoms with van der Waals surface area (Å²) >= 11 is 2.88. The van der Waals surface area contributed by atoms with E-state index in [1.807, 2.05) is 36.4 Å². The summed E-state index contributed by atoms with van der Waals surface area (Å²) in [5.74, 6) is 0.754. The lowest BCUT2D eigenvalue weighted by atomic mass is 10.2. The van der Waals surface area contributed by atoms with Crippen molar-refractivity contribution in [2.45, 2.75) is 41.7 Å². The molecule has 29 heavy (non-hydrogen) atoms. The van der Waals surface area contributed by atoms with Crippen LogP contribution in [-0.2, 0) is 24.3 Å². The maximum atomic E-state index is 13.1. The Balaban J connectivity index is 1.53. The summed E-state index contributed by atoms with van der Waals surface area (Å²) in [7, 11) is 0. The standard InChI is InChI=1S/C21H21N3O3S2/c1-14-10-17-19(29-14)20(26)24(12-15-6-3-2-4-7-15)21(23-17)28-13-18(25)22-11-16-8-5-9-27-16/h2-9,14H,10-13H2,1H3,(H,22,25)/t14-/m1/s1. The molecule has 3 heterocycles. The number of nitrogens with zero attached hydrogens (tertiary/aromatic N) is 2. The average molecular weight is 428 g/mol. The zero-order chi connectivity index (χ0) is 20.2. The second-order valence-electron chi connectivity index (χ2n) is 6.82. The molecule has 0 spiro atoms. The van der Waals surface area contributed by atoms with Crippen LogP contribution in [0, 0.1) is 0 Å². The van der Waals surface area contributed by atoms with Crippen molar-refractivity contribution in [1.29, 1.82) is 0 Å². The van der Waals surface area contributed by atoms with Gasteiger partial charge in [0.15, 0.2) is 5.16 Å². The molecule has 0 bridgehead atoms. The first kappa shape index (κ1) is 19.8. The molecule has 1 atom stereocenters. The van der Waals surface area contributed by atoms with Crippen molar-refractivity contribution < 1.29 is 9.21 Å². The molecule has 0 fully saturated rings. The van der Waals surface area contributed by atoms with E-state index in [1.165, 1.54) is 11.8 Å². The Morgan fingerprint density at radius 1 is 1.31 bits per heavy atom. The van der Waals surface area contributed by atoms with E-state index in [2.05, 4.69) is 12.2 Å². The van der Waals surface area contributed by atoms with Gasteiger partial charge in [0.25, 0.3) is 5.56 Å².